The third-order valence-electron chi connectivity index (χ3n) is 3.20. The maximum Gasteiger partial charge on any atom is 0.269 e. The van der Waals surface area contributed by atoms with Gasteiger partial charge in [-0.1, -0.05) is 34.8 Å². The highest BCUT2D eigenvalue weighted by Crippen LogP contribution is 2.32. The van der Waals surface area contributed by atoms with Crippen LogP contribution in [-0.2, 0) is 0 Å². The molecule has 0 spiro atoms. The number of nitrogens with zero attached hydrogens (tertiary/aromatic N) is 2. The molecule has 12 heteroatoms. The lowest BCUT2D eigenvalue weighted by Crippen LogP contribution is -2.47. The Labute approximate surface area is 167 Å². The van der Waals surface area contributed by atoms with Crippen LogP contribution in [0.5, 0.6) is 5.75 Å². The number of nitro benzene ring substituents is 2. The zero-order valence-electron chi connectivity index (χ0n) is 13.2. The Morgan fingerprint density at radius 1 is 0.926 bits per heavy atom. The van der Waals surface area contributed by atoms with Gasteiger partial charge in [-0.15, -0.1) is 0 Å². The fraction of sp³-hybridized carbons (Fsp3) is 0.133. The Bertz CT molecular complexity index is 853. The maximum absolute atomic E-state index is 12.3. The molecule has 1 N–H and O–H groups in total. The number of nitro groups is 2. The quantitative estimate of drug-likeness (QED) is 0.317. The van der Waals surface area contributed by atoms with Crippen LogP contribution >= 0.6 is 34.8 Å². The van der Waals surface area contributed by atoms with Crippen molar-refractivity contribution >= 4 is 52.1 Å². The summed E-state index contributed by atoms with van der Waals surface area (Å²) in [5.41, 5.74) is -0.276. The molecule has 0 bridgehead atoms. The zero-order valence-corrected chi connectivity index (χ0v) is 15.4. The summed E-state index contributed by atoms with van der Waals surface area (Å²) in [7, 11) is 0. The summed E-state index contributed by atoms with van der Waals surface area (Å²) < 4.78 is 3.34. The molecule has 2 aromatic carbocycles. The Balaban J connectivity index is 2.15. The van der Waals surface area contributed by atoms with Crippen LogP contribution in [0.25, 0.3) is 0 Å². The van der Waals surface area contributed by atoms with Crippen LogP contribution in [0.2, 0.25) is 0 Å². The molecule has 2 rings (SSSR count). The van der Waals surface area contributed by atoms with Gasteiger partial charge >= 0.3 is 0 Å². The molecule has 0 saturated carbocycles. The smallest absolute Gasteiger partial charge is 0.269 e. The zero-order chi connectivity index (χ0) is 20.2. The minimum atomic E-state index is -2.07. The average Bonchev–Trinajstić information content (AvgIpc) is 2.60. The molecule has 142 valence electrons. The molecule has 0 unspecified atom stereocenters. The van der Waals surface area contributed by atoms with Crippen LogP contribution in [0, 0.1) is 20.2 Å². The standard InChI is InChI=1S/C15H10Cl3N3O6/c16-15(17,18)14(27-12-7-5-11(6-8-12)21(25)26)19-13(22)9-1-3-10(4-2-9)20(23)24/h1-8,14H,(H,19,22)/t14-/m1/s1. The highest BCUT2D eigenvalue weighted by molar-refractivity contribution is 6.68. The lowest BCUT2D eigenvalue weighted by molar-refractivity contribution is -0.385. The lowest BCUT2D eigenvalue weighted by atomic mass is 10.2. The van der Waals surface area contributed by atoms with E-state index in [-0.39, 0.29) is 22.7 Å². The highest BCUT2D eigenvalue weighted by atomic mass is 35.6. The topological polar surface area (TPSA) is 125 Å². The van der Waals surface area contributed by atoms with Gasteiger partial charge in [-0.25, -0.2) is 0 Å². The summed E-state index contributed by atoms with van der Waals surface area (Å²) in [6, 6.07) is 9.68. The van der Waals surface area contributed by atoms with Gasteiger partial charge in [0.25, 0.3) is 17.3 Å². The normalized spacial score (nSPS) is 12.1. The Morgan fingerprint density at radius 3 is 1.78 bits per heavy atom. The Hall–Kier alpha value is -2.62. The number of hydrogen-bond donors (Lipinski definition) is 1. The van der Waals surface area contributed by atoms with E-state index in [1.807, 2.05) is 0 Å². The molecule has 9 nitrogen and oxygen atoms in total. The van der Waals surface area contributed by atoms with Gasteiger partial charge < -0.3 is 10.1 Å². The van der Waals surface area contributed by atoms with Crippen molar-refractivity contribution in [1.82, 2.24) is 5.32 Å². The van der Waals surface area contributed by atoms with Crippen molar-refractivity contribution in [2.45, 2.75) is 10.0 Å². The summed E-state index contributed by atoms with van der Waals surface area (Å²) in [4.78, 5) is 32.4. The molecule has 2 aromatic rings. The monoisotopic (exact) mass is 433 g/mol. The number of ether oxygens (including phenoxy) is 1. The number of carbonyl (C=O) groups excluding carboxylic acids is 1. The number of amides is 1. The summed E-state index contributed by atoms with van der Waals surface area (Å²) in [6.07, 6.45) is -1.44. The van der Waals surface area contributed by atoms with E-state index < -0.39 is 25.8 Å². The largest absolute Gasteiger partial charge is 0.466 e. The molecule has 0 aliphatic carbocycles. The van der Waals surface area contributed by atoms with Gasteiger partial charge in [-0.3, -0.25) is 25.0 Å². The molecule has 1 atom stereocenters. The van der Waals surface area contributed by atoms with E-state index in [2.05, 4.69) is 5.32 Å². The van der Waals surface area contributed by atoms with Crippen molar-refractivity contribution in [3.8, 4) is 5.75 Å². The third-order valence-corrected chi connectivity index (χ3v) is 3.80. The van der Waals surface area contributed by atoms with Gasteiger partial charge in [-0.05, 0) is 24.3 Å². The number of alkyl halides is 3. The van der Waals surface area contributed by atoms with Crippen LogP contribution < -0.4 is 10.1 Å². The van der Waals surface area contributed by atoms with E-state index in [4.69, 9.17) is 39.5 Å². The predicted molar refractivity (Wildman–Crippen MR) is 98.4 cm³/mol. The molecule has 0 aliphatic heterocycles. The average molecular weight is 435 g/mol. The molecular formula is C15H10Cl3N3O6. The number of rotatable bonds is 6. The predicted octanol–water partition coefficient (Wildman–Crippen LogP) is 4.01. The molecule has 0 aromatic heterocycles. The summed E-state index contributed by atoms with van der Waals surface area (Å²) in [5, 5.41) is 23.7. The van der Waals surface area contributed by atoms with Crippen LogP contribution in [-0.4, -0.2) is 25.8 Å². The first-order valence-corrected chi connectivity index (χ1v) is 8.24. The van der Waals surface area contributed by atoms with Crippen LogP contribution in [0.3, 0.4) is 0 Å². The first-order valence-electron chi connectivity index (χ1n) is 7.11. The molecule has 0 heterocycles. The summed E-state index contributed by atoms with van der Waals surface area (Å²) in [6.45, 7) is 0. The molecule has 0 saturated heterocycles. The lowest BCUT2D eigenvalue weighted by Gasteiger charge is -2.26. The molecule has 1 amide bonds. The molecular weight excluding hydrogens is 425 g/mol. The van der Waals surface area contributed by atoms with E-state index in [9.17, 15) is 25.0 Å². The molecule has 27 heavy (non-hydrogen) atoms. The van der Waals surface area contributed by atoms with Gasteiger partial charge in [-0.2, -0.15) is 0 Å². The number of halogens is 3. The second-order valence-electron chi connectivity index (χ2n) is 5.07. The number of nitrogens with one attached hydrogen (secondary N) is 1. The SMILES string of the molecule is O=C(N[C@H](Oc1ccc([N+](=O)[O-])cc1)C(Cl)(Cl)Cl)c1ccc([N+](=O)[O-])cc1. The fourth-order valence-electron chi connectivity index (χ4n) is 1.90. The van der Waals surface area contributed by atoms with E-state index in [1.54, 1.807) is 0 Å². The van der Waals surface area contributed by atoms with Gasteiger partial charge in [0.2, 0.25) is 10.0 Å². The summed E-state index contributed by atoms with van der Waals surface area (Å²) in [5.74, 6) is -0.593. The number of non-ortho nitro benzene ring substituents is 2. The second kappa shape index (κ2) is 8.38. The van der Waals surface area contributed by atoms with Gasteiger partial charge in [0.15, 0.2) is 0 Å². The van der Waals surface area contributed by atoms with Crippen LogP contribution in [0.1, 0.15) is 10.4 Å². The van der Waals surface area contributed by atoms with Crippen molar-refractivity contribution in [3.05, 3.63) is 74.3 Å². The van der Waals surface area contributed by atoms with E-state index >= 15 is 0 Å². The molecule has 0 aliphatic rings. The highest BCUT2D eigenvalue weighted by Gasteiger charge is 2.36. The van der Waals surface area contributed by atoms with Crippen molar-refractivity contribution in [2.75, 3.05) is 0 Å². The van der Waals surface area contributed by atoms with Crippen molar-refractivity contribution in [3.63, 3.8) is 0 Å². The van der Waals surface area contributed by atoms with Gasteiger partial charge in [0, 0.05) is 29.8 Å². The van der Waals surface area contributed by atoms with Gasteiger partial charge in [0.05, 0.1) is 9.85 Å². The van der Waals surface area contributed by atoms with Gasteiger partial charge in [0.1, 0.15) is 5.75 Å². The second-order valence-corrected chi connectivity index (χ2v) is 7.44. The third kappa shape index (κ3) is 5.68. The molecule has 0 radical (unpaired) electrons. The van der Waals surface area contributed by atoms with E-state index in [0.717, 1.165) is 12.1 Å². The van der Waals surface area contributed by atoms with Crippen LogP contribution in [0.4, 0.5) is 11.4 Å². The summed E-state index contributed by atoms with van der Waals surface area (Å²) >= 11 is 17.5. The van der Waals surface area contributed by atoms with E-state index in [1.165, 1.54) is 36.4 Å². The van der Waals surface area contributed by atoms with Crippen molar-refractivity contribution in [2.24, 2.45) is 0 Å². The Morgan fingerprint density at radius 2 is 1.37 bits per heavy atom. The minimum Gasteiger partial charge on any atom is -0.466 e. The number of hydrogen-bond acceptors (Lipinski definition) is 6. The first-order chi connectivity index (χ1) is 12.6. The first kappa shape index (κ1) is 20.7. The molecule has 0 fully saturated rings. The maximum atomic E-state index is 12.3. The number of benzene rings is 2. The van der Waals surface area contributed by atoms with Crippen LogP contribution in [0.15, 0.2) is 48.5 Å². The van der Waals surface area contributed by atoms with Crippen molar-refractivity contribution < 1.29 is 19.4 Å². The van der Waals surface area contributed by atoms with E-state index in [0.29, 0.717) is 0 Å². The number of carbonyl (C=O) groups is 1. The Kier molecular flexibility index (Phi) is 6.42. The fourth-order valence-corrected chi connectivity index (χ4v) is 2.19. The van der Waals surface area contributed by atoms with Crippen molar-refractivity contribution in [1.29, 1.82) is 0 Å². The minimum absolute atomic E-state index is 0.0761.